The van der Waals surface area contributed by atoms with Crippen LogP contribution in [0.1, 0.15) is 18.4 Å². The van der Waals surface area contributed by atoms with Gasteiger partial charge in [0.05, 0.1) is 35.7 Å². The van der Waals surface area contributed by atoms with E-state index in [4.69, 9.17) is 10.00 Å². The lowest BCUT2D eigenvalue weighted by atomic mass is 9.95. The third-order valence-electron chi connectivity index (χ3n) is 4.74. The predicted octanol–water partition coefficient (Wildman–Crippen LogP) is 1.54. The van der Waals surface area contributed by atoms with Crippen LogP contribution in [-0.2, 0) is 9.53 Å². The van der Waals surface area contributed by atoms with E-state index < -0.39 is 4.92 Å². The van der Waals surface area contributed by atoms with E-state index in [1.807, 2.05) is 15.9 Å². The van der Waals surface area contributed by atoms with Crippen LogP contribution in [0, 0.1) is 27.4 Å². The van der Waals surface area contributed by atoms with E-state index in [1.54, 1.807) is 6.07 Å². The maximum absolute atomic E-state index is 12.7. The zero-order valence-electron chi connectivity index (χ0n) is 13.9. The summed E-state index contributed by atoms with van der Waals surface area (Å²) in [5.41, 5.74) is 0.768. The van der Waals surface area contributed by atoms with Crippen molar-refractivity contribution < 1.29 is 14.5 Å². The maximum atomic E-state index is 12.7. The molecule has 2 aliphatic rings. The fourth-order valence-corrected chi connectivity index (χ4v) is 3.44. The molecule has 2 heterocycles. The highest BCUT2D eigenvalue weighted by atomic mass is 16.6. The van der Waals surface area contributed by atoms with Crippen LogP contribution in [0.4, 0.5) is 11.4 Å². The topological polar surface area (TPSA) is 99.7 Å². The Hall–Kier alpha value is -2.66. The van der Waals surface area contributed by atoms with Crippen LogP contribution in [-0.4, -0.2) is 55.1 Å². The number of morpholine rings is 1. The molecule has 3 rings (SSSR count). The summed E-state index contributed by atoms with van der Waals surface area (Å²) < 4.78 is 5.29. The van der Waals surface area contributed by atoms with Gasteiger partial charge < -0.3 is 14.5 Å². The number of benzene rings is 1. The smallest absolute Gasteiger partial charge is 0.292 e. The first-order chi connectivity index (χ1) is 12.1. The molecular formula is C17H20N4O4. The number of nitro groups is 1. The van der Waals surface area contributed by atoms with Crippen molar-refractivity contribution in [1.29, 1.82) is 5.26 Å². The van der Waals surface area contributed by atoms with Crippen LogP contribution < -0.4 is 4.90 Å². The first-order valence-corrected chi connectivity index (χ1v) is 8.40. The van der Waals surface area contributed by atoms with Gasteiger partial charge in [0.15, 0.2) is 0 Å². The molecule has 0 saturated carbocycles. The molecule has 0 radical (unpaired) electrons. The van der Waals surface area contributed by atoms with Gasteiger partial charge in [-0.05, 0) is 25.0 Å². The van der Waals surface area contributed by atoms with Gasteiger partial charge in [-0.3, -0.25) is 14.9 Å². The van der Waals surface area contributed by atoms with Crippen LogP contribution in [0.2, 0.25) is 0 Å². The molecule has 1 amide bonds. The summed E-state index contributed by atoms with van der Waals surface area (Å²) in [6.07, 6.45) is 1.56. The highest BCUT2D eigenvalue weighted by Crippen LogP contribution is 2.33. The molecule has 0 aliphatic carbocycles. The lowest BCUT2D eigenvalue weighted by molar-refractivity contribution is -0.384. The second kappa shape index (κ2) is 7.49. The van der Waals surface area contributed by atoms with Gasteiger partial charge in [-0.2, -0.15) is 5.26 Å². The standard InChI is InChI=1S/C17H20N4O4/c18-11-13-3-4-15(21(23)24)16(10-13)20-5-1-2-14(12-20)17(22)19-6-8-25-9-7-19/h3-4,10,14H,1-2,5-9,12H2. The van der Waals surface area contributed by atoms with E-state index >= 15 is 0 Å². The number of hydrogen-bond acceptors (Lipinski definition) is 6. The van der Waals surface area contributed by atoms with Gasteiger partial charge in [0.1, 0.15) is 5.69 Å². The average molecular weight is 344 g/mol. The summed E-state index contributed by atoms with van der Waals surface area (Å²) in [6, 6.07) is 6.37. The SMILES string of the molecule is N#Cc1ccc([N+](=O)[O-])c(N2CCCC(C(=O)N3CCOCC3)C2)c1. The van der Waals surface area contributed by atoms with Crippen molar-refractivity contribution >= 4 is 17.3 Å². The third-order valence-corrected chi connectivity index (χ3v) is 4.74. The summed E-state index contributed by atoms with van der Waals surface area (Å²) >= 11 is 0. The Balaban J connectivity index is 1.80. The summed E-state index contributed by atoms with van der Waals surface area (Å²) in [7, 11) is 0. The second-order valence-corrected chi connectivity index (χ2v) is 6.30. The third kappa shape index (κ3) is 3.72. The number of nitrogens with zero attached hydrogens (tertiary/aromatic N) is 4. The van der Waals surface area contributed by atoms with Crippen LogP contribution in [0.3, 0.4) is 0 Å². The van der Waals surface area contributed by atoms with Gasteiger partial charge in [-0.25, -0.2) is 0 Å². The normalized spacial score (nSPS) is 20.8. The average Bonchev–Trinajstić information content (AvgIpc) is 2.67. The lowest BCUT2D eigenvalue weighted by Crippen LogP contribution is -2.48. The molecule has 25 heavy (non-hydrogen) atoms. The van der Waals surface area contributed by atoms with Crippen molar-refractivity contribution in [3.63, 3.8) is 0 Å². The number of piperidine rings is 1. The van der Waals surface area contributed by atoms with E-state index in [1.165, 1.54) is 12.1 Å². The Labute approximate surface area is 145 Å². The summed E-state index contributed by atoms with van der Waals surface area (Å²) in [5, 5.41) is 20.4. The Morgan fingerprint density at radius 1 is 1.32 bits per heavy atom. The number of hydrogen-bond donors (Lipinski definition) is 0. The molecule has 1 atom stereocenters. The van der Waals surface area contributed by atoms with Crippen molar-refractivity contribution in [1.82, 2.24) is 4.90 Å². The van der Waals surface area contributed by atoms with Gasteiger partial charge in [-0.15, -0.1) is 0 Å². The molecule has 2 saturated heterocycles. The van der Waals surface area contributed by atoms with E-state index in [0.717, 1.165) is 12.8 Å². The molecule has 8 heteroatoms. The Morgan fingerprint density at radius 2 is 2.08 bits per heavy atom. The molecule has 0 aromatic heterocycles. The molecule has 2 fully saturated rings. The number of nitriles is 1. The van der Waals surface area contributed by atoms with Crippen LogP contribution >= 0.6 is 0 Å². The number of anilines is 1. The molecule has 2 aliphatic heterocycles. The van der Waals surface area contributed by atoms with Gasteiger partial charge in [-0.1, -0.05) is 0 Å². The van der Waals surface area contributed by atoms with Gasteiger partial charge in [0, 0.05) is 32.2 Å². The van der Waals surface area contributed by atoms with Gasteiger partial charge in [0.25, 0.3) is 5.69 Å². The Bertz CT molecular complexity index is 709. The van der Waals surface area contributed by atoms with E-state index in [9.17, 15) is 14.9 Å². The van der Waals surface area contributed by atoms with E-state index in [-0.39, 0.29) is 17.5 Å². The fourth-order valence-electron chi connectivity index (χ4n) is 3.44. The van der Waals surface area contributed by atoms with Crippen LogP contribution in [0.5, 0.6) is 0 Å². The monoisotopic (exact) mass is 344 g/mol. The quantitative estimate of drug-likeness (QED) is 0.609. The highest BCUT2D eigenvalue weighted by Gasteiger charge is 2.32. The molecule has 1 aromatic carbocycles. The minimum absolute atomic E-state index is 0.0292. The molecule has 0 bridgehead atoms. The Morgan fingerprint density at radius 3 is 2.76 bits per heavy atom. The summed E-state index contributed by atoms with van der Waals surface area (Å²) in [6.45, 7) is 3.38. The number of carbonyl (C=O) groups is 1. The van der Waals surface area contributed by atoms with Crippen molar-refractivity contribution in [2.24, 2.45) is 5.92 Å². The maximum Gasteiger partial charge on any atom is 0.292 e. The number of rotatable bonds is 3. The van der Waals surface area contributed by atoms with Crippen molar-refractivity contribution in [2.45, 2.75) is 12.8 Å². The first-order valence-electron chi connectivity index (χ1n) is 8.40. The second-order valence-electron chi connectivity index (χ2n) is 6.30. The van der Waals surface area contributed by atoms with Crippen molar-refractivity contribution in [2.75, 3.05) is 44.3 Å². The molecule has 0 spiro atoms. The number of amides is 1. The zero-order valence-corrected chi connectivity index (χ0v) is 13.9. The number of carbonyl (C=O) groups excluding carboxylic acids is 1. The molecule has 132 valence electrons. The van der Waals surface area contributed by atoms with Gasteiger partial charge >= 0.3 is 0 Å². The molecule has 1 aromatic rings. The molecule has 0 N–H and O–H groups in total. The first kappa shape index (κ1) is 17.2. The van der Waals surface area contributed by atoms with E-state index in [2.05, 4.69) is 0 Å². The predicted molar refractivity (Wildman–Crippen MR) is 90.1 cm³/mol. The van der Waals surface area contributed by atoms with Crippen LogP contribution in [0.15, 0.2) is 18.2 Å². The Kier molecular flexibility index (Phi) is 5.14. The largest absolute Gasteiger partial charge is 0.378 e. The fraction of sp³-hybridized carbons (Fsp3) is 0.529. The summed E-state index contributed by atoms with van der Waals surface area (Å²) in [5.74, 6) is -0.0933. The minimum atomic E-state index is -0.441. The molecule has 8 nitrogen and oxygen atoms in total. The molecule has 1 unspecified atom stereocenters. The number of nitro benzene ring substituents is 1. The van der Waals surface area contributed by atoms with E-state index in [0.29, 0.717) is 50.6 Å². The van der Waals surface area contributed by atoms with Crippen LogP contribution in [0.25, 0.3) is 0 Å². The number of ether oxygens (including phenoxy) is 1. The summed E-state index contributed by atoms with van der Waals surface area (Å²) in [4.78, 5) is 27.3. The van der Waals surface area contributed by atoms with Crippen molar-refractivity contribution in [3.8, 4) is 6.07 Å². The van der Waals surface area contributed by atoms with Gasteiger partial charge in [0.2, 0.25) is 5.91 Å². The highest BCUT2D eigenvalue weighted by molar-refractivity contribution is 5.80. The van der Waals surface area contributed by atoms with Crippen molar-refractivity contribution in [3.05, 3.63) is 33.9 Å². The zero-order chi connectivity index (χ0) is 17.8. The minimum Gasteiger partial charge on any atom is -0.378 e. The lowest BCUT2D eigenvalue weighted by Gasteiger charge is -2.37. The molecular weight excluding hydrogens is 324 g/mol.